The Labute approximate surface area is 265 Å². The van der Waals surface area contributed by atoms with Crippen LogP contribution in [0.5, 0.6) is 17.2 Å². The van der Waals surface area contributed by atoms with Crippen LogP contribution in [-0.4, -0.2) is 45.8 Å². The van der Waals surface area contributed by atoms with Crippen molar-refractivity contribution in [2.24, 2.45) is 0 Å². The third kappa shape index (κ3) is 5.69. The lowest BCUT2D eigenvalue weighted by Gasteiger charge is -2.23. The van der Waals surface area contributed by atoms with Crippen LogP contribution in [0.1, 0.15) is 29.7 Å². The Bertz CT molecular complexity index is 1970. The number of phenolic OH excluding ortho intramolecular Hbond substituents is 1. The van der Waals surface area contributed by atoms with Gasteiger partial charge in [0.25, 0.3) is 5.78 Å². The van der Waals surface area contributed by atoms with Gasteiger partial charge in [-0.1, -0.05) is 71.6 Å². The summed E-state index contributed by atoms with van der Waals surface area (Å²) in [7, 11) is 1.31. The number of ether oxygens (including phenoxy) is 2. The van der Waals surface area contributed by atoms with Gasteiger partial charge < -0.3 is 19.7 Å². The number of amides is 1. The van der Waals surface area contributed by atoms with Crippen LogP contribution < -0.4 is 14.4 Å². The van der Waals surface area contributed by atoms with E-state index in [1.807, 2.05) is 36.4 Å². The molecule has 1 fully saturated rings. The van der Waals surface area contributed by atoms with Crippen molar-refractivity contribution in [2.45, 2.75) is 23.1 Å². The average molecular weight is 644 g/mol. The molecular weight excluding hydrogens is 618 g/mol. The summed E-state index contributed by atoms with van der Waals surface area (Å²) in [6.07, 6.45) is 0. The first-order valence-electron chi connectivity index (χ1n) is 13.8. The SMILES string of the molecule is CCOc1cc([C@H]2C(=C(O)c3ccc(OC)c(F)c3)C(=O)C(=O)N2c2nnc(SCc3cccc4ccccc34)s2)ccc1O. The van der Waals surface area contributed by atoms with Crippen molar-refractivity contribution in [3.63, 3.8) is 0 Å². The lowest BCUT2D eigenvalue weighted by atomic mass is 9.95. The Balaban J connectivity index is 1.40. The minimum absolute atomic E-state index is 0.0243. The molecule has 1 atom stereocenters. The maximum atomic E-state index is 14.6. The smallest absolute Gasteiger partial charge is 0.301 e. The summed E-state index contributed by atoms with van der Waals surface area (Å²) in [6, 6.07) is 21.1. The zero-order chi connectivity index (χ0) is 31.7. The number of anilines is 1. The van der Waals surface area contributed by atoms with E-state index in [4.69, 9.17) is 9.47 Å². The lowest BCUT2D eigenvalue weighted by molar-refractivity contribution is -0.132. The molecule has 12 heteroatoms. The number of carbonyl (C=O) groups excluding carboxylic acids is 2. The molecule has 45 heavy (non-hydrogen) atoms. The molecule has 6 rings (SSSR count). The lowest BCUT2D eigenvalue weighted by Crippen LogP contribution is -2.29. The van der Waals surface area contributed by atoms with Crippen LogP contribution in [0.25, 0.3) is 16.5 Å². The van der Waals surface area contributed by atoms with Gasteiger partial charge in [0.2, 0.25) is 5.13 Å². The van der Waals surface area contributed by atoms with E-state index in [0.717, 1.165) is 38.6 Å². The van der Waals surface area contributed by atoms with Gasteiger partial charge in [-0.15, -0.1) is 10.2 Å². The van der Waals surface area contributed by atoms with Crippen LogP contribution in [0.4, 0.5) is 9.52 Å². The number of ketones is 1. The van der Waals surface area contributed by atoms with E-state index in [-0.39, 0.29) is 40.1 Å². The number of halogens is 1. The number of thioether (sulfide) groups is 1. The van der Waals surface area contributed by atoms with E-state index in [0.29, 0.717) is 15.7 Å². The number of rotatable bonds is 9. The van der Waals surface area contributed by atoms with Crippen LogP contribution in [0.2, 0.25) is 0 Å². The summed E-state index contributed by atoms with van der Waals surface area (Å²) in [5.74, 6) is -2.74. The number of hydrogen-bond acceptors (Lipinski definition) is 10. The Morgan fingerprint density at radius 1 is 1.02 bits per heavy atom. The molecule has 0 unspecified atom stereocenters. The van der Waals surface area contributed by atoms with Crippen LogP contribution in [-0.2, 0) is 15.3 Å². The minimum atomic E-state index is -1.18. The van der Waals surface area contributed by atoms with Gasteiger partial charge in [0.15, 0.2) is 27.4 Å². The highest BCUT2D eigenvalue weighted by molar-refractivity contribution is 8.00. The third-order valence-electron chi connectivity index (χ3n) is 7.30. The van der Waals surface area contributed by atoms with Gasteiger partial charge in [-0.05, 0) is 59.2 Å². The van der Waals surface area contributed by atoms with Crippen molar-refractivity contribution in [3.8, 4) is 17.2 Å². The largest absolute Gasteiger partial charge is 0.507 e. The normalized spacial score (nSPS) is 16.0. The van der Waals surface area contributed by atoms with Crippen LogP contribution in [0, 0.1) is 5.82 Å². The molecule has 0 spiro atoms. The Kier molecular flexibility index (Phi) is 8.42. The molecule has 1 aliphatic rings. The second-order valence-electron chi connectivity index (χ2n) is 9.96. The van der Waals surface area contributed by atoms with Gasteiger partial charge in [0.1, 0.15) is 5.76 Å². The molecule has 2 heterocycles. The molecule has 0 saturated carbocycles. The van der Waals surface area contributed by atoms with Crippen LogP contribution in [0.15, 0.2) is 88.8 Å². The van der Waals surface area contributed by atoms with Gasteiger partial charge in [-0.3, -0.25) is 14.5 Å². The monoisotopic (exact) mass is 643 g/mol. The Morgan fingerprint density at radius 3 is 2.60 bits per heavy atom. The molecule has 228 valence electrons. The van der Waals surface area contributed by atoms with Gasteiger partial charge in [-0.25, -0.2) is 4.39 Å². The van der Waals surface area contributed by atoms with Crippen LogP contribution in [0.3, 0.4) is 0 Å². The summed E-state index contributed by atoms with van der Waals surface area (Å²) in [5.41, 5.74) is 1.15. The van der Waals surface area contributed by atoms with Gasteiger partial charge >= 0.3 is 5.91 Å². The van der Waals surface area contributed by atoms with E-state index in [9.17, 15) is 24.2 Å². The molecule has 4 aromatic carbocycles. The van der Waals surface area contributed by atoms with E-state index < -0.39 is 29.3 Å². The maximum Gasteiger partial charge on any atom is 0.301 e. The molecule has 1 aliphatic heterocycles. The quantitative estimate of drug-likeness (QED) is 0.0583. The maximum absolute atomic E-state index is 14.6. The van der Waals surface area contributed by atoms with Gasteiger partial charge in [-0.2, -0.15) is 0 Å². The number of Topliss-reactive ketones (excluding diaryl/α,β-unsaturated/α-hetero) is 1. The summed E-state index contributed by atoms with van der Waals surface area (Å²) >= 11 is 2.57. The van der Waals surface area contributed by atoms with E-state index >= 15 is 0 Å². The van der Waals surface area contributed by atoms with Crippen molar-refractivity contribution in [1.82, 2.24) is 10.2 Å². The molecule has 5 aromatic rings. The highest BCUT2D eigenvalue weighted by Crippen LogP contribution is 2.46. The second-order valence-corrected chi connectivity index (χ2v) is 12.1. The number of benzene rings is 4. The first kappa shape index (κ1) is 30.1. The molecule has 9 nitrogen and oxygen atoms in total. The van der Waals surface area contributed by atoms with Crippen LogP contribution >= 0.6 is 23.1 Å². The minimum Gasteiger partial charge on any atom is -0.507 e. The number of hydrogen-bond donors (Lipinski definition) is 2. The molecule has 0 radical (unpaired) electrons. The third-order valence-corrected chi connectivity index (χ3v) is 9.41. The number of phenols is 1. The fourth-order valence-electron chi connectivity index (χ4n) is 5.20. The number of aromatic nitrogens is 2. The van der Waals surface area contributed by atoms with Gasteiger partial charge in [0, 0.05) is 11.3 Å². The average Bonchev–Trinajstić information content (AvgIpc) is 3.62. The van der Waals surface area contributed by atoms with E-state index in [2.05, 4.69) is 16.3 Å². The predicted octanol–water partition coefficient (Wildman–Crippen LogP) is 6.86. The topological polar surface area (TPSA) is 122 Å². The fourth-order valence-corrected chi connectivity index (χ4v) is 7.07. The first-order valence-corrected chi connectivity index (χ1v) is 15.6. The van der Waals surface area contributed by atoms with E-state index in [1.54, 1.807) is 6.92 Å². The molecular formula is C33H26FN3O6S2. The number of aliphatic hydroxyl groups is 1. The molecule has 0 bridgehead atoms. The van der Waals surface area contributed by atoms with Crippen molar-refractivity contribution in [2.75, 3.05) is 18.6 Å². The van der Waals surface area contributed by atoms with Crippen molar-refractivity contribution < 1.29 is 33.7 Å². The molecule has 2 N–H and O–H groups in total. The van der Waals surface area contributed by atoms with Gasteiger partial charge in [0.05, 0.1) is 25.3 Å². The van der Waals surface area contributed by atoms with Crippen molar-refractivity contribution in [1.29, 1.82) is 0 Å². The number of carbonyl (C=O) groups is 2. The predicted molar refractivity (Wildman–Crippen MR) is 170 cm³/mol. The Hall–Kier alpha value is -4.94. The number of aliphatic hydroxyl groups excluding tert-OH is 1. The standard InChI is InChI=1S/C33H26FN3O6S2/c1-3-43-26-16-19(11-13-24(26)38)28-27(29(39)20-12-14-25(42-2)23(34)15-20)30(40)31(41)37(28)32-35-36-33(45-32)44-17-21-9-6-8-18-7-4-5-10-22(18)21/h4-16,28,38-39H,3,17H2,1-2H3/t28-/m0/s1. The zero-order valence-electron chi connectivity index (χ0n) is 24.1. The zero-order valence-corrected chi connectivity index (χ0v) is 25.7. The summed E-state index contributed by atoms with van der Waals surface area (Å²) in [4.78, 5) is 28.3. The summed E-state index contributed by atoms with van der Waals surface area (Å²) in [6.45, 7) is 1.99. The van der Waals surface area contributed by atoms with Crippen molar-refractivity contribution >= 4 is 56.5 Å². The number of methoxy groups -OCH3 is 1. The number of fused-ring (bicyclic) bond motifs is 1. The van der Waals surface area contributed by atoms with E-state index in [1.165, 1.54) is 49.2 Å². The molecule has 1 amide bonds. The second kappa shape index (κ2) is 12.6. The Morgan fingerprint density at radius 2 is 1.82 bits per heavy atom. The fraction of sp³-hybridized carbons (Fsp3) is 0.152. The molecule has 0 aliphatic carbocycles. The molecule has 1 aromatic heterocycles. The number of nitrogens with zero attached hydrogens (tertiary/aromatic N) is 3. The highest BCUT2D eigenvalue weighted by Gasteiger charge is 2.48. The summed E-state index contributed by atoms with van der Waals surface area (Å²) in [5, 5.41) is 32.6. The number of aromatic hydroxyl groups is 1. The summed E-state index contributed by atoms with van der Waals surface area (Å²) < 4.78 is 25.7. The van der Waals surface area contributed by atoms with Crippen molar-refractivity contribution in [3.05, 3.63) is 107 Å². The molecule has 1 saturated heterocycles. The highest BCUT2D eigenvalue weighted by atomic mass is 32.2. The first-order chi connectivity index (χ1) is 21.8.